The highest BCUT2D eigenvalue weighted by Crippen LogP contribution is 2.38. The van der Waals surface area contributed by atoms with Gasteiger partial charge in [-0.3, -0.25) is 9.59 Å². The van der Waals surface area contributed by atoms with Crippen molar-refractivity contribution in [1.82, 2.24) is 4.90 Å². The Morgan fingerprint density at radius 1 is 1.25 bits per heavy atom. The van der Waals surface area contributed by atoms with Crippen LogP contribution in [-0.2, 0) is 9.53 Å². The highest BCUT2D eigenvalue weighted by Gasteiger charge is 2.44. The molecule has 1 N–H and O–H groups in total. The third-order valence-corrected chi connectivity index (χ3v) is 3.94. The summed E-state index contributed by atoms with van der Waals surface area (Å²) in [6, 6.07) is 11.5. The van der Waals surface area contributed by atoms with Crippen molar-refractivity contribution in [3.05, 3.63) is 71.4 Å². The Morgan fingerprint density at radius 2 is 2.00 bits per heavy atom. The van der Waals surface area contributed by atoms with Gasteiger partial charge in [0.05, 0.1) is 24.5 Å². The number of amides is 1. The quantitative estimate of drug-likeness (QED) is 0.825. The van der Waals surface area contributed by atoms with Gasteiger partial charge in [0, 0.05) is 13.7 Å². The van der Waals surface area contributed by atoms with Gasteiger partial charge < -0.3 is 19.2 Å². The predicted octanol–water partition coefficient (Wildman–Crippen LogP) is 2.50. The first-order chi connectivity index (χ1) is 11.6. The zero-order chi connectivity index (χ0) is 17.1. The fourth-order valence-corrected chi connectivity index (χ4v) is 2.83. The maximum absolute atomic E-state index is 12.7. The van der Waals surface area contributed by atoms with E-state index in [1.54, 1.807) is 6.07 Å². The van der Waals surface area contributed by atoms with Gasteiger partial charge in [0.1, 0.15) is 0 Å². The first-order valence-electron chi connectivity index (χ1n) is 7.51. The molecular weight excluding hydrogens is 310 g/mol. The van der Waals surface area contributed by atoms with Gasteiger partial charge >= 0.3 is 0 Å². The molecule has 6 heteroatoms. The number of methoxy groups -OCH3 is 1. The molecule has 0 fully saturated rings. The van der Waals surface area contributed by atoms with Crippen molar-refractivity contribution in [2.24, 2.45) is 0 Å². The van der Waals surface area contributed by atoms with Gasteiger partial charge in [-0.1, -0.05) is 30.3 Å². The molecule has 1 unspecified atom stereocenters. The van der Waals surface area contributed by atoms with E-state index in [4.69, 9.17) is 9.15 Å². The van der Waals surface area contributed by atoms with Crippen LogP contribution in [0.15, 0.2) is 64.5 Å². The summed E-state index contributed by atoms with van der Waals surface area (Å²) in [6.45, 7) is 0.554. The second-order valence-electron chi connectivity index (χ2n) is 5.37. The minimum atomic E-state index is -0.675. The summed E-state index contributed by atoms with van der Waals surface area (Å²) < 4.78 is 10.2. The van der Waals surface area contributed by atoms with Gasteiger partial charge in [0.25, 0.3) is 5.91 Å². The molecule has 1 aliphatic rings. The van der Waals surface area contributed by atoms with E-state index in [0.29, 0.717) is 6.61 Å². The van der Waals surface area contributed by atoms with Crippen molar-refractivity contribution in [1.29, 1.82) is 0 Å². The lowest BCUT2D eigenvalue weighted by molar-refractivity contribution is -0.130. The smallest absolute Gasteiger partial charge is 0.290 e. The number of carbonyl (C=O) groups is 2. The third-order valence-electron chi connectivity index (χ3n) is 3.94. The lowest BCUT2D eigenvalue weighted by Crippen LogP contribution is -2.33. The lowest BCUT2D eigenvalue weighted by Gasteiger charge is -2.26. The number of ketones is 1. The van der Waals surface area contributed by atoms with Crippen LogP contribution in [0.25, 0.3) is 0 Å². The van der Waals surface area contributed by atoms with Gasteiger partial charge in [-0.15, -0.1) is 0 Å². The highest BCUT2D eigenvalue weighted by molar-refractivity contribution is 6.14. The largest absolute Gasteiger partial charge is 0.503 e. The standard InChI is InChI=1S/C18H17NO5/c1-23-11-9-19-15(12-6-3-2-4-7-12)14(17(21)18(19)22)16(20)13-8-5-10-24-13/h2-8,10,15,21H,9,11H2,1H3. The van der Waals surface area contributed by atoms with Gasteiger partial charge in [0.15, 0.2) is 11.5 Å². The van der Waals surface area contributed by atoms with E-state index in [1.165, 1.54) is 24.3 Å². The first kappa shape index (κ1) is 16.0. The molecule has 0 radical (unpaired) electrons. The number of ether oxygens (including phenoxy) is 1. The van der Waals surface area contributed by atoms with Gasteiger partial charge in [-0.25, -0.2) is 0 Å². The second-order valence-corrected chi connectivity index (χ2v) is 5.37. The van der Waals surface area contributed by atoms with E-state index >= 15 is 0 Å². The molecule has 0 bridgehead atoms. The number of aliphatic hydroxyl groups excluding tert-OH is 1. The van der Waals surface area contributed by atoms with Gasteiger partial charge in [-0.05, 0) is 17.7 Å². The topological polar surface area (TPSA) is 80.0 Å². The van der Waals surface area contributed by atoms with E-state index in [2.05, 4.69) is 0 Å². The zero-order valence-electron chi connectivity index (χ0n) is 13.1. The minimum absolute atomic E-state index is 0.0252. The molecule has 3 rings (SSSR count). The minimum Gasteiger partial charge on any atom is -0.503 e. The molecule has 0 saturated heterocycles. The SMILES string of the molecule is COCCN1C(=O)C(O)=C(C(=O)c2ccco2)C1c1ccccc1. The van der Waals surface area contributed by atoms with Crippen LogP contribution in [0.5, 0.6) is 0 Å². The monoisotopic (exact) mass is 327 g/mol. The Hall–Kier alpha value is -2.86. The van der Waals surface area contributed by atoms with Crippen molar-refractivity contribution < 1.29 is 23.8 Å². The van der Waals surface area contributed by atoms with E-state index in [-0.39, 0.29) is 17.9 Å². The summed E-state index contributed by atoms with van der Waals surface area (Å²) in [7, 11) is 1.53. The third kappa shape index (κ3) is 2.72. The van der Waals surface area contributed by atoms with Crippen LogP contribution in [0.4, 0.5) is 0 Å². The normalized spacial score (nSPS) is 17.6. The number of Topliss-reactive ketones (excluding diaryl/α,β-unsaturated/α-hetero) is 1. The Balaban J connectivity index is 2.06. The number of carbonyl (C=O) groups excluding carboxylic acids is 2. The molecule has 0 saturated carbocycles. The molecule has 124 valence electrons. The lowest BCUT2D eigenvalue weighted by atomic mass is 9.95. The number of furan rings is 1. The van der Waals surface area contributed by atoms with Crippen molar-refractivity contribution >= 4 is 11.7 Å². The van der Waals surface area contributed by atoms with Crippen LogP contribution >= 0.6 is 0 Å². The van der Waals surface area contributed by atoms with Crippen LogP contribution in [0.1, 0.15) is 22.2 Å². The van der Waals surface area contributed by atoms with Crippen LogP contribution in [0.3, 0.4) is 0 Å². The van der Waals surface area contributed by atoms with E-state index in [1.807, 2.05) is 30.3 Å². The number of hydrogen-bond acceptors (Lipinski definition) is 5. The van der Waals surface area contributed by atoms with E-state index in [9.17, 15) is 14.7 Å². The van der Waals surface area contributed by atoms with Crippen LogP contribution in [0.2, 0.25) is 0 Å². The number of aliphatic hydroxyl groups is 1. The fourth-order valence-electron chi connectivity index (χ4n) is 2.83. The van der Waals surface area contributed by atoms with Crippen molar-refractivity contribution in [2.75, 3.05) is 20.3 Å². The Kier molecular flexibility index (Phi) is 4.48. The van der Waals surface area contributed by atoms with Crippen LogP contribution < -0.4 is 0 Å². The molecule has 0 aliphatic carbocycles. The summed E-state index contributed by atoms with van der Waals surface area (Å²) in [6.07, 6.45) is 1.38. The molecule has 1 aliphatic heterocycles. The van der Waals surface area contributed by atoms with E-state index < -0.39 is 23.5 Å². The highest BCUT2D eigenvalue weighted by atomic mass is 16.5. The summed E-state index contributed by atoms with van der Waals surface area (Å²) >= 11 is 0. The summed E-state index contributed by atoms with van der Waals surface area (Å²) in [5.41, 5.74) is 0.762. The number of nitrogens with zero attached hydrogens (tertiary/aromatic N) is 1. The Labute approximate surface area is 138 Å². The Morgan fingerprint density at radius 3 is 2.62 bits per heavy atom. The number of rotatable bonds is 6. The van der Waals surface area contributed by atoms with Crippen LogP contribution in [0, 0.1) is 0 Å². The van der Waals surface area contributed by atoms with Crippen molar-refractivity contribution in [3.8, 4) is 0 Å². The van der Waals surface area contributed by atoms with Crippen molar-refractivity contribution in [2.45, 2.75) is 6.04 Å². The summed E-state index contributed by atoms with van der Waals surface area (Å²) in [5, 5.41) is 10.3. The molecule has 0 spiro atoms. The molecule has 1 amide bonds. The number of benzene rings is 1. The molecule has 1 aromatic carbocycles. The maximum atomic E-state index is 12.7. The molecule has 6 nitrogen and oxygen atoms in total. The summed E-state index contributed by atoms with van der Waals surface area (Å²) in [4.78, 5) is 26.6. The molecule has 2 heterocycles. The average molecular weight is 327 g/mol. The summed E-state index contributed by atoms with van der Waals surface area (Å²) in [5.74, 6) is -1.55. The molecule has 1 atom stereocenters. The maximum Gasteiger partial charge on any atom is 0.290 e. The van der Waals surface area contributed by atoms with Gasteiger partial charge in [-0.2, -0.15) is 0 Å². The van der Waals surface area contributed by atoms with Crippen molar-refractivity contribution in [3.63, 3.8) is 0 Å². The predicted molar refractivity (Wildman–Crippen MR) is 85.5 cm³/mol. The second kappa shape index (κ2) is 6.72. The molecule has 2 aromatic rings. The Bertz CT molecular complexity index is 764. The molecule has 24 heavy (non-hydrogen) atoms. The van der Waals surface area contributed by atoms with Crippen LogP contribution in [-0.4, -0.2) is 42.0 Å². The van der Waals surface area contributed by atoms with Gasteiger partial charge in [0.2, 0.25) is 5.78 Å². The molecular formula is C18H17NO5. The first-order valence-corrected chi connectivity index (χ1v) is 7.51. The number of hydrogen-bond donors (Lipinski definition) is 1. The fraction of sp³-hybridized carbons (Fsp3) is 0.222. The zero-order valence-corrected chi connectivity index (χ0v) is 13.1. The molecule has 1 aromatic heterocycles. The van der Waals surface area contributed by atoms with E-state index in [0.717, 1.165) is 5.56 Å². The average Bonchev–Trinajstić information content (AvgIpc) is 3.22.